The minimum Gasteiger partial charge on any atom is -0.497 e. The molecule has 1 aromatic carbocycles. The van der Waals surface area contributed by atoms with Crippen molar-refractivity contribution in [3.63, 3.8) is 0 Å². The van der Waals surface area contributed by atoms with Crippen LogP contribution in [0.4, 0.5) is 5.95 Å². The summed E-state index contributed by atoms with van der Waals surface area (Å²) in [5.41, 5.74) is 8.00. The van der Waals surface area contributed by atoms with E-state index in [1.807, 2.05) is 18.2 Å². The quantitative estimate of drug-likeness (QED) is 0.881. The Balaban J connectivity index is 2.10. The van der Waals surface area contributed by atoms with Crippen LogP contribution < -0.4 is 10.5 Å². The molecular formula is C13H17N3O2. The number of nitrogens with zero attached hydrogens (tertiary/aromatic N) is 2. The summed E-state index contributed by atoms with van der Waals surface area (Å²) in [7, 11) is 1.67. The molecule has 0 radical (unpaired) electrons. The van der Waals surface area contributed by atoms with Crippen molar-refractivity contribution >= 4 is 17.0 Å². The minimum atomic E-state index is 0.371. The maximum atomic E-state index is 6.05. The van der Waals surface area contributed by atoms with Crippen molar-refractivity contribution in [3.05, 3.63) is 18.2 Å². The fourth-order valence-corrected chi connectivity index (χ4v) is 2.55. The molecule has 2 aromatic rings. The van der Waals surface area contributed by atoms with Gasteiger partial charge >= 0.3 is 0 Å². The average molecular weight is 247 g/mol. The number of hydrogen-bond donors (Lipinski definition) is 1. The molecule has 2 heterocycles. The van der Waals surface area contributed by atoms with E-state index in [0.29, 0.717) is 12.0 Å². The van der Waals surface area contributed by atoms with E-state index in [2.05, 4.69) is 9.55 Å². The third-order valence-corrected chi connectivity index (χ3v) is 3.48. The Hall–Kier alpha value is -1.75. The maximum Gasteiger partial charge on any atom is 0.201 e. The van der Waals surface area contributed by atoms with E-state index in [1.165, 1.54) is 0 Å². The smallest absolute Gasteiger partial charge is 0.201 e. The van der Waals surface area contributed by atoms with Gasteiger partial charge in [0, 0.05) is 25.3 Å². The Kier molecular flexibility index (Phi) is 2.83. The molecule has 1 aliphatic heterocycles. The van der Waals surface area contributed by atoms with Gasteiger partial charge in [-0.25, -0.2) is 4.98 Å². The summed E-state index contributed by atoms with van der Waals surface area (Å²) in [6.45, 7) is 1.57. The first kappa shape index (κ1) is 11.3. The van der Waals surface area contributed by atoms with Crippen molar-refractivity contribution in [2.45, 2.75) is 18.9 Å². The number of nitrogen functional groups attached to an aromatic ring is 1. The van der Waals surface area contributed by atoms with Gasteiger partial charge in [0.15, 0.2) is 0 Å². The van der Waals surface area contributed by atoms with E-state index in [1.54, 1.807) is 7.11 Å². The number of hydrogen-bond acceptors (Lipinski definition) is 4. The van der Waals surface area contributed by atoms with E-state index < -0.39 is 0 Å². The van der Waals surface area contributed by atoms with Crippen LogP contribution in [0.3, 0.4) is 0 Å². The maximum absolute atomic E-state index is 6.05. The molecule has 1 fully saturated rings. The largest absolute Gasteiger partial charge is 0.497 e. The van der Waals surface area contributed by atoms with Crippen LogP contribution in [0.2, 0.25) is 0 Å². The predicted octanol–water partition coefficient (Wildman–Crippen LogP) is 1.98. The van der Waals surface area contributed by atoms with E-state index in [9.17, 15) is 0 Å². The van der Waals surface area contributed by atoms with Gasteiger partial charge in [0.1, 0.15) is 5.75 Å². The number of fused-ring (bicyclic) bond motifs is 1. The van der Waals surface area contributed by atoms with Gasteiger partial charge in [0.05, 0.1) is 18.1 Å². The summed E-state index contributed by atoms with van der Waals surface area (Å²) >= 11 is 0. The third-order valence-electron chi connectivity index (χ3n) is 3.48. The van der Waals surface area contributed by atoms with E-state index in [0.717, 1.165) is 42.8 Å². The topological polar surface area (TPSA) is 62.3 Å². The lowest BCUT2D eigenvalue weighted by Gasteiger charge is -2.24. The number of methoxy groups -OCH3 is 1. The van der Waals surface area contributed by atoms with Crippen molar-refractivity contribution < 1.29 is 9.47 Å². The number of nitrogens with two attached hydrogens (primary N) is 1. The Morgan fingerprint density at radius 3 is 2.89 bits per heavy atom. The first-order valence-corrected chi connectivity index (χ1v) is 6.19. The number of aromatic nitrogens is 2. The van der Waals surface area contributed by atoms with Crippen LogP contribution in [0.5, 0.6) is 5.75 Å². The lowest BCUT2D eigenvalue weighted by atomic mass is 10.1. The van der Waals surface area contributed by atoms with Crippen LogP contribution in [0, 0.1) is 0 Å². The molecule has 0 unspecified atom stereocenters. The normalized spacial score (nSPS) is 17.2. The van der Waals surface area contributed by atoms with Crippen molar-refractivity contribution in [3.8, 4) is 5.75 Å². The molecular weight excluding hydrogens is 230 g/mol. The molecule has 2 N–H and O–H groups in total. The monoisotopic (exact) mass is 247 g/mol. The molecule has 1 aromatic heterocycles. The zero-order chi connectivity index (χ0) is 12.5. The van der Waals surface area contributed by atoms with Gasteiger partial charge in [-0.1, -0.05) is 0 Å². The molecule has 0 aliphatic carbocycles. The lowest BCUT2D eigenvalue weighted by molar-refractivity contribution is 0.0711. The predicted molar refractivity (Wildman–Crippen MR) is 69.8 cm³/mol. The summed E-state index contributed by atoms with van der Waals surface area (Å²) < 4.78 is 12.8. The van der Waals surface area contributed by atoms with Crippen molar-refractivity contribution in [1.82, 2.24) is 9.55 Å². The van der Waals surface area contributed by atoms with Crippen LogP contribution in [0.15, 0.2) is 18.2 Å². The third kappa shape index (κ3) is 1.80. The second kappa shape index (κ2) is 4.49. The molecule has 96 valence electrons. The van der Waals surface area contributed by atoms with Gasteiger partial charge in [0.25, 0.3) is 0 Å². The highest BCUT2D eigenvalue weighted by Gasteiger charge is 2.20. The van der Waals surface area contributed by atoms with Gasteiger partial charge in [0.2, 0.25) is 5.95 Å². The van der Waals surface area contributed by atoms with Crippen LogP contribution in [-0.4, -0.2) is 29.9 Å². The summed E-state index contributed by atoms with van der Waals surface area (Å²) in [4.78, 5) is 4.41. The van der Waals surface area contributed by atoms with Gasteiger partial charge in [-0.15, -0.1) is 0 Å². The average Bonchev–Trinajstić information content (AvgIpc) is 2.74. The Labute approximate surface area is 106 Å². The number of rotatable bonds is 2. The molecule has 0 amide bonds. The molecule has 0 saturated carbocycles. The number of imidazole rings is 1. The molecule has 0 spiro atoms. The van der Waals surface area contributed by atoms with Crippen LogP contribution in [-0.2, 0) is 4.74 Å². The highest BCUT2D eigenvalue weighted by atomic mass is 16.5. The summed E-state index contributed by atoms with van der Waals surface area (Å²) in [5.74, 6) is 1.40. The molecule has 1 aliphatic rings. The van der Waals surface area contributed by atoms with E-state index in [4.69, 9.17) is 15.2 Å². The molecule has 0 atom stereocenters. The van der Waals surface area contributed by atoms with Crippen LogP contribution >= 0.6 is 0 Å². The first-order valence-electron chi connectivity index (χ1n) is 6.19. The fraction of sp³-hybridized carbons (Fsp3) is 0.462. The van der Waals surface area contributed by atoms with Crippen molar-refractivity contribution in [2.75, 3.05) is 26.1 Å². The Morgan fingerprint density at radius 1 is 1.39 bits per heavy atom. The first-order chi connectivity index (χ1) is 8.79. The molecule has 5 nitrogen and oxygen atoms in total. The zero-order valence-corrected chi connectivity index (χ0v) is 10.4. The Bertz CT molecular complexity index is 559. The highest BCUT2D eigenvalue weighted by molar-refractivity contribution is 5.80. The minimum absolute atomic E-state index is 0.371. The molecule has 5 heteroatoms. The zero-order valence-electron chi connectivity index (χ0n) is 10.4. The highest BCUT2D eigenvalue weighted by Crippen LogP contribution is 2.30. The molecule has 0 bridgehead atoms. The van der Waals surface area contributed by atoms with Crippen LogP contribution in [0.25, 0.3) is 11.0 Å². The molecule has 18 heavy (non-hydrogen) atoms. The second-order valence-electron chi connectivity index (χ2n) is 4.54. The molecule has 3 rings (SSSR count). The van der Waals surface area contributed by atoms with Crippen molar-refractivity contribution in [2.24, 2.45) is 0 Å². The number of anilines is 1. The standard InChI is InChI=1S/C13H17N3O2/c1-17-10-2-3-11-12(8-10)16(13(14)15-11)9-4-6-18-7-5-9/h2-3,8-9H,4-7H2,1H3,(H2,14,15). The van der Waals surface area contributed by atoms with Crippen LogP contribution in [0.1, 0.15) is 18.9 Å². The second-order valence-corrected chi connectivity index (χ2v) is 4.54. The summed E-state index contributed by atoms with van der Waals surface area (Å²) in [6, 6.07) is 6.22. The lowest BCUT2D eigenvalue weighted by Crippen LogP contribution is -2.20. The van der Waals surface area contributed by atoms with Crippen molar-refractivity contribution in [1.29, 1.82) is 0 Å². The SMILES string of the molecule is COc1ccc2nc(N)n(C3CCOCC3)c2c1. The summed E-state index contributed by atoms with van der Waals surface area (Å²) in [6.07, 6.45) is 1.96. The number of benzene rings is 1. The van der Waals surface area contributed by atoms with E-state index in [-0.39, 0.29) is 0 Å². The van der Waals surface area contributed by atoms with Gasteiger partial charge < -0.3 is 19.8 Å². The Morgan fingerprint density at radius 2 is 2.17 bits per heavy atom. The van der Waals surface area contributed by atoms with E-state index >= 15 is 0 Å². The fourth-order valence-electron chi connectivity index (χ4n) is 2.55. The molecule has 1 saturated heterocycles. The van der Waals surface area contributed by atoms with Gasteiger partial charge in [-0.05, 0) is 25.0 Å². The number of ether oxygens (including phenoxy) is 2. The van der Waals surface area contributed by atoms with Gasteiger partial charge in [-0.2, -0.15) is 0 Å². The summed E-state index contributed by atoms with van der Waals surface area (Å²) in [5, 5.41) is 0. The van der Waals surface area contributed by atoms with Gasteiger partial charge in [-0.3, -0.25) is 0 Å².